The summed E-state index contributed by atoms with van der Waals surface area (Å²) < 4.78 is 22.4. The number of fused-ring (bicyclic) bond motifs is 2. The van der Waals surface area contributed by atoms with Gasteiger partial charge < -0.3 is 24.1 Å². The van der Waals surface area contributed by atoms with E-state index in [2.05, 4.69) is 15.5 Å². The lowest BCUT2D eigenvalue weighted by Gasteiger charge is -2.25. The van der Waals surface area contributed by atoms with Crippen LogP contribution in [0.2, 0.25) is 0 Å². The van der Waals surface area contributed by atoms with E-state index in [0.29, 0.717) is 41.4 Å². The number of para-hydroxylation sites is 2. The fraction of sp³-hybridized carbons (Fsp3) is 0.316. The van der Waals surface area contributed by atoms with Gasteiger partial charge >= 0.3 is 0 Å². The van der Waals surface area contributed by atoms with Crippen LogP contribution in [0.4, 0.5) is 5.00 Å². The number of hydrogen-bond acceptors (Lipinski definition) is 8. The molecule has 1 amide bonds. The Kier molecular flexibility index (Phi) is 4.25. The summed E-state index contributed by atoms with van der Waals surface area (Å²) in [6.45, 7) is 3.03. The normalized spacial score (nSPS) is 17.8. The van der Waals surface area contributed by atoms with Crippen LogP contribution < -0.4 is 14.8 Å². The first kappa shape index (κ1) is 17.2. The Morgan fingerprint density at radius 1 is 1.29 bits per heavy atom. The Hall–Kier alpha value is -2.91. The van der Waals surface area contributed by atoms with Gasteiger partial charge in [-0.05, 0) is 31.0 Å². The van der Waals surface area contributed by atoms with Gasteiger partial charge in [-0.15, -0.1) is 11.3 Å². The SMILES string of the molecule is Cc1noc(-c2c(NC(=O)[C@H]3COc4ccccc4O3)sc3c2CCOC3)n1. The average Bonchev–Trinajstić information content (AvgIpc) is 3.30. The summed E-state index contributed by atoms with van der Waals surface area (Å²) in [5, 5.41) is 7.51. The first-order chi connectivity index (χ1) is 13.7. The van der Waals surface area contributed by atoms with Crippen molar-refractivity contribution in [3.63, 3.8) is 0 Å². The van der Waals surface area contributed by atoms with Gasteiger partial charge in [0.25, 0.3) is 11.8 Å². The third-order valence-electron chi connectivity index (χ3n) is 4.60. The predicted molar refractivity (Wildman–Crippen MR) is 101 cm³/mol. The quantitative estimate of drug-likeness (QED) is 0.723. The highest BCUT2D eigenvalue weighted by atomic mass is 32.1. The number of hydrogen-bond donors (Lipinski definition) is 1. The number of amides is 1. The van der Waals surface area contributed by atoms with Crippen molar-refractivity contribution < 1.29 is 23.5 Å². The molecule has 0 fully saturated rings. The summed E-state index contributed by atoms with van der Waals surface area (Å²) >= 11 is 1.46. The van der Waals surface area contributed by atoms with Crippen molar-refractivity contribution in [3.8, 4) is 23.0 Å². The molecule has 0 aliphatic carbocycles. The van der Waals surface area contributed by atoms with E-state index in [1.165, 1.54) is 11.3 Å². The van der Waals surface area contributed by atoms with E-state index in [-0.39, 0.29) is 12.5 Å². The molecule has 0 saturated heterocycles. The van der Waals surface area contributed by atoms with Crippen molar-refractivity contribution in [1.82, 2.24) is 10.1 Å². The number of benzene rings is 1. The molecule has 28 heavy (non-hydrogen) atoms. The number of nitrogens with zero attached hydrogens (tertiary/aromatic N) is 2. The van der Waals surface area contributed by atoms with E-state index in [0.717, 1.165) is 22.4 Å². The lowest BCUT2D eigenvalue weighted by Crippen LogP contribution is -2.40. The molecule has 1 N–H and O–H groups in total. The van der Waals surface area contributed by atoms with Crippen LogP contribution in [0.3, 0.4) is 0 Å². The Morgan fingerprint density at radius 2 is 2.14 bits per heavy atom. The number of anilines is 1. The van der Waals surface area contributed by atoms with Crippen molar-refractivity contribution in [2.75, 3.05) is 18.5 Å². The Balaban J connectivity index is 1.44. The van der Waals surface area contributed by atoms with Gasteiger partial charge in [0, 0.05) is 4.88 Å². The highest BCUT2D eigenvalue weighted by Crippen LogP contribution is 2.42. The van der Waals surface area contributed by atoms with Crippen LogP contribution in [0.5, 0.6) is 11.5 Å². The van der Waals surface area contributed by atoms with Crippen molar-refractivity contribution in [2.45, 2.75) is 26.1 Å². The fourth-order valence-corrected chi connectivity index (χ4v) is 4.47. The molecule has 0 radical (unpaired) electrons. The van der Waals surface area contributed by atoms with E-state index in [4.69, 9.17) is 18.7 Å². The summed E-state index contributed by atoms with van der Waals surface area (Å²) in [6, 6.07) is 7.29. The summed E-state index contributed by atoms with van der Waals surface area (Å²) in [5.41, 5.74) is 1.86. The lowest BCUT2D eigenvalue weighted by molar-refractivity contribution is -0.125. The number of carbonyl (C=O) groups is 1. The topological polar surface area (TPSA) is 95.7 Å². The van der Waals surface area contributed by atoms with Crippen LogP contribution >= 0.6 is 11.3 Å². The molecule has 0 spiro atoms. The minimum Gasteiger partial charge on any atom is -0.485 e. The van der Waals surface area contributed by atoms with E-state index >= 15 is 0 Å². The van der Waals surface area contributed by atoms with Crippen molar-refractivity contribution in [2.24, 2.45) is 0 Å². The summed E-state index contributed by atoms with van der Waals surface area (Å²) in [7, 11) is 0. The molecule has 0 bridgehead atoms. The molecule has 3 aromatic rings. The number of carbonyl (C=O) groups excluding carboxylic acids is 1. The van der Waals surface area contributed by atoms with Crippen LogP contribution in [0.25, 0.3) is 11.5 Å². The maximum atomic E-state index is 12.9. The van der Waals surface area contributed by atoms with Crippen LogP contribution in [-0.4, -0.2) is 35.4 Å². The van der Waals surface area contributed by atoms with Gasteiger partial charge in [-0.1, -0.05) is 17.3 Å². The molecule has 2 aliphatic rings. The minimum absolute atomic E-state index is 0.145. The molecule has 5 rings (SSSR count). The summed E-state index contributed by atoms with van der Waals surface area (Å²) in [4.78, 5) is 18.3. The average molecular weight is 399 g/mol. The number of rotatable bonds is 3. The van der Waals surface area contributed by atoms with E-state index in [1.807, 2.05) is 18.2 Å². The Morgan fingerprint density at radius 3 is 2.96 bits per heavy atom. The van der Waals surface area contributed by atoms with Crippen LogP contribution in [0.1, 0.15) is 16.3 Å². The Labute approximate surface area is 164 Å². The second kappa shape index (κ2) is 6.92. The van der Waals surface area contributed by atoms with Gasteiger partial charge in [0.15, 0.2) is 17.3 Å². The first-order valence-electron chi connectivity index (χ1n) is 8.91. The standard InChI is InChI=1S/C19H17N3O5S/c1-10-20-18(27-22-10)16-11-6-7-24-9-15(11)28-19(16)21-17(23)14-8-25-12-4-2-3-5-13(12)26-14/h2-5,14H,6-9H2,1H3,(H,21,23)/t14-/m1/s1. The van der Waals surface area contributed by atoms with E-state index in [1.54, 1.807) is 13.0 Å². The maximum Gasteiger partial charge on any atom is 0.269 e. The van der Waals surface area contributed by atoms with Crippen LogP contribution in [-0.2, 0) is 22.6 Å². The molecule has 1 atom stereocenters. The summed E-state index contributed by atoms with van der Waals surface area (Å²) in [5.74, 6) is 1.85. The number of thiophene rings is 1. The van der Waals surface area contributed by atoms with Crippen LogP contribution in [0.15, 0.2) is 28.8 Å². The van der Waals surface area contributed by atoms with E-state index in [9.17, 15) is 4.79 Å². The number of nitrogens with one attached hydrogen (secondary N) is 1. The third kappa shape index (κ3) is 3.02. The molecule has 9 heteroatoms. The zero-order valence-electron chi connectivity index (χ0n) is 15.1. The molecular formula is C19H17N3O5S. The van der Waals surface area contributed by atoms with E-state index < -0.39 is 6.10 Å². The molecule has 8 nitrogen and oxygen atoms in total. The molecule has 1 aromatic carbocycles. The zero-order chi connectivity index (χ0) is 19.1. The first-order valence-corrected chi connectivity index (χ1v) is 9.73. The second-order valence-electron chi connectivity index (χ2n) is 6.51. The predicted octanol–water partition coefficient (Wildman–Crippen LogP) is 2.96. The summed E-state index contributed by atoms with van der Waals surface area (Å²) in [6.07, 6.45) is -0.0166. The molecular weight excluding hydrogens is 382 g/mol. The second-order valence-corrected chi connectivity index (χ2v) is 7.62. The zero-order valence-corrected chi connectivity index (χ0v) is 15.9. The van der Waals surface area contributed by atoms with Gasteiger partial charge in [-0.3, -0.25) is 4.79 Å². The fourth-order valence-electron chi connectivity index (χ4n) is 3.29. The van der Waals surface area contributed by atoms with Gasteiger partial charge in [0.05, 0.1) is 18.8 Å². The molecule has 2 aromatic heterocycles. The van der Waals surface area contributed by atoms with Crippen LogP contribution in [0, 0.1) is 6.92 Å². The molecule has 144 valence electrons. The van der Waals surface area contributed by atoms with Crippen molar-refractivity contribution in [3.05, 3.63) is 40.5 Å². The van der Waals surface area contributed by atoms with Gasteiger partial charge in [-0.25, -0.2) is 0 Å². The molecule has 4 heterocycles. The van der Waals surface area contributed by atoms with Crippen molar-refractivity contribution >= 4 is 22.2 Å². The monoisotopic (exact) mass is 399 g/mol. The lowest BCUT2D eigenvalue weighted by atomic mass is 10.1. The Bertz CT molecular complexity index is 1040. The third-order valence-corrected chi connectivity index (χ3v) is 5.72. The molecule has 0 unspecified atom stereocenters. The van der Waals surface area contributed by atoms with Crippen molar-refractivity contribution in [1.29, 1.82) is 0 Å². The number of aryl methyl sites for hydroxylation is 1. The maximum absolute atomic E-state index is 12.9. The number of aromatic nitrogens is 2. The highest BCUT2D eigenvalue weighted by molar-refractivity contribution is 7.17. The molecule has 2 aliphatic heterocycles. The minimum atomic E-state index is -0.748. The van der Waals surface area contributed by atoms with Gasteiger partial charge in [-0.2, -0.15) is 4.98 Å². The van der Waals surface area contributed by atoms with Gasteiger partial charge in [0.2, 0.25) is 6.10 Å². The largest absolute Gasteiger partial charge is 0.485 e. The van der Waals surface area contributed by atoms with Gasteiger partial charge in [0.1, 0.15) is 11.6 Å². The highest BCUT2D eigenvalue weighted by Gasteiger charge is 2.31. The number of ether oxygens (including phenoxy) is 3. The smallest absolute Gasteiger partial charge is 0.269 e. The molecule has 0 saturated carbocycles.